The van der Waals surface area contributed by atoms with Gasteiger partial charge in [-0.2, -0.15) is 0 Å². The highest BCUT2D eigenvalue weighted by Crippen LogP contribution is 2.45. The van der Waals surface area contributed by atoms with Crippen molar-refractivity contribution in [3.8, 4) is 11.5 Å². The van der Waals surface area contributed by atoms with Gasteiger partial charge in [-0.25, -0.2) is 0 Å². The average molecular weight is 278 g/mol. The second-order valence-electron chi connectivity index (χ2n) is 5.64. The van der Waals surface area contributed by atoms with Crippen LogP contribution in [-0.2, 0) is 0 Å². The second kappa shape index (κ2) is 6.98. The molecule has 1 aromatic rings. The Kier molecular flexibility index (Phi) is 5.30. The minimum absolute atomic E-state index is 0.305. The van der Waals surface area contributed by atoms with E-state index in [0.29, 0.717) is 11.8 Å². The maximum atomic E-state index is 10.9. The lowest BCUT2D eigenvalue weighted by Crippen LogP contribution is -2.26. The number of benzene rings is 1. The molecule has 0 saturated heterocycles. The average Bonchev–Trinajstić information content (AvgIpc) is 2.53. The summed E-state index contributed by atoms with van der Waals surface area (Å²) in [6, 6.07) is 5.68. The minimum Gasteiger partial charge on any atom is -0.496 e. The van der Waals surface area contributed by atoms with Crippen molar-refractivity contribution in [2.24, 2.45) is 11.8 Å². The maximum absolute atomic E-state index is 10.9. The smallest absolute Gasteiger partial charge is 0.128 e. The van der Waals surface area contributed by atoms with Crippen LogP contribution in [0.5, 0.6) is 11.5 Å². The summed E-state index contributed by atoms with van der Waals surface area (Å²) in [6.07, 6.45) is 5.40. The summed E-state index contributed by atoms with van der Waals surface area (Å²) >= 11 is 0. The third-order valence-electron chi connectivity index (χ3n) is 4.66. The summed E-state index contributed by atoms with van der Waals surface area (Å²) in [5.74, 6) is 2.34. The molecule has 112 valence electrons. The van der Waals surface area contributed by atoms with Crippen molar-refractivity contribution in [2.75, 3.05) is 14.2 Å². The van der Waals surface area contributed by atoms with Gasteiger partial charge < -0.3 is 14.6 Å². The molecular weight excluding hydrogens is 252 g/mol. The molecule has 0 bridgehead atoms. The lowest BCUT2D eigenvalue weighted by Gasteiger charge is -2.35. The summed E-state index contributed by atoms with van der Waals surface area (Å²) in [5, 5.41) is 10.9. The van der Waals surface area contributed by atoms with E-state index >= 15 is 0 Å². The lowest BCUT2D eigenvalue weighted by atomic mass is 9.73. The first-order chi connectivity index (χ1) is 9.72. The molecule has 1 fully saturated rings. The molecule has 0 aromatic heterocycles. The van der Waals surface area contributed by atoms with E-state index in [0.717, 1.165) is 29.9 Å². The van der Waals surface area contributed by atoms with Gasteiger partial charge in [0.25, 0.3) is 0 Å². The van der Waals surface area contributed by atoms with E-state index in [9.17, 15) is 5.11 Å². The first-order valence-electron chi connectivity index (χ1n) is 7.61. The van der Waals surface area contributed by atoms with Crippen LogP contribution in [0.15, 0.2) is 18.2 Å². The summed E-state index contributed by atoms with van der Waals surface area (Å²) < 4.78 is 10.9. The first kappa shape index (κ1) is 15.2. The van der Waals surface area contributed by atoms with E-state index in [1.165, 1.54) is 19.3 Å². The molecule has 1 aromatic carbocycles. The van der Waals surface area contributed by atoms with Crippen LogP contribution < -0.4 is 9.47 Å². The van der Waals surface area contributed by atoms with Crippen molar-refractivity contribution in [3.63, 3.8) is 0 Å². The molecule has 3 atom stereocenters. The molecule has 0 spiro atoms. The Morgan fingerprint density at radius 3 is 2.30 bits per heavy atom. The first-order valence-corrected chi connectivity index (χ1v) is 7.61. The molecular formula is C17H26O3. The maximum Gasteiger partial charge on any atom is 0.128 e. The lowest BCUT2D eigenvalue weighted by molar-refractivity contribution is 0.0417. The molecule has 3 heteroatoms. The van der Waals surface area contributed by atoms with E-state index in [-0.39, 0.29) is 0 Å². The Morgan fingerprint density at radius 2 is 1.75 bits per heavy atom. The largest absolute Gasteiger partial charge is 0.496 e. The van der Waals surface area contributed by atoms with Crippen molar-refractivity contribution in [3.05, 3.63) is 23.8 Å². The summed E-state index contributed by atoms with van der Waals surface area (Å²) in [4.78, 5) is 0. The molecule has 1 N–H and O–H groups in total. The predicted molar refractivity (Wildman–Crippen MR) is 80.2 cm³/mol. The van der Waals surface area contributed by atoms with Crippen LogP contribution >= 0.6 is 0 Å². The van der Waals surface area contributed by atoms with Crippen molar-refractivity contribution in [1.29, 1.82) is 0 Å². The van der Waals surface area contributed by atoms with Gasteiger partial charge in [0.15, 0.2) is 0 Å². The van der Waals surface area contributed by atoms with Gasteiger partial charge in [-0.3, -0.25) is 0 Å². The standard InChI is InChI=1S/C17H26O3/c1-4-12-8-5-6-9-13(12)17(18)16-14(19-2)10-7-11-15(16)20-3/h7,10-13,17-18H,4-6,8-9H2,1-3H3. The van der Waals surface area contributed by atoms with Crippen LogP contribution in [0.4, 0.5) is 0 Å². The van der Waals surface area contributed by atoms with Crippen LogP contribution in [0.25, 0.3) is 0 Å². The second-order valence-corrected chi connectivity index (χ2v) is 5.64. The molecule has 3 nitrogen and oxygen atoms in total. The fourth-order valence-corrected chi connectivity index (χ4v) is 3.54. The Bertz CT molecular complexity index is 408. The monoisotopic (exact) mass is 278 g/mol. The highest BCUT2D eigenvalue weighted by Gasteiger charge is 2.33. The summed E-state index contributed by atoms with van der Waals surface area (Å²) in [7, 11) is 3.28. The van der Waals surface area contributed by atoms with Crippen molar-refractivity contribution in [2.45, 2.75) is 45.1 Å². The van der Waals surface area contributed by atoms with Crippen LogP contribution in [0, 0.1) is 11.8 Å². The molecule has 1 aliphatic rings. The zero-order chi connectivity index (χ0) is 14.5. The van der Waals surface area contributed by atoms with Gasteiger partial charge in [0.2, 0.25) is 0 Å². The third-order valence-corrected chi connectivity index (χ3v) is 4.66. The molecule has 0 amide bonds. The van der Waals surface area contributed by atoms with Gasteiger partial charge in [0.05, 0.1) is 25.9 Å². The topological polar surface area (TPSA) is 38.7 Å². The van der Waals surface area contributed by atoms with Gasteiger partial charge in [-0.15, -0.1) is 0 Å². The minimum atomic E-state index is -0.508. The SMILES string of the molecule is CCC1CCCCC1C(O)c1c(OC)cccc1OC. The quantitative estimate of drug-likeness (QED) is 0.886. The Morgan fingerprint density at radius 1 is 1.15 bits per heavy atom. The van der Waals surface area contributed by atoms with Gasteiger partial charge in [0.1, 0.15) is 11.5 Å². The molecule has 0 radical (unpaired) electrons. The van der Waals surface area contributed by atoms with E-state index in [1.54, 1.807) is 14.2 Å². The van der Waals surface area contributed by atoms with E-state index in [2.05, 4.69) is 6.92 Å². The molecule has 0 heterocycles. The van der Waals surface area contributed by atoms with E-state index in [1.807, 2.05) is 18.2 Å². The van der Waals surface area contributed by atoms with Crippen LogP contribution in [-0.4, -0.2) is 19.3 Å². The van der Waals surface area contributed by atoms with Gasteiger partial charge in [-0.1, -0.05) is 38.7 Å². The van der Waals surface area contributed by atoms with E-state index in [4.69, 9.17) is 9.47 Å². The zero-order valence-corrected chi connectivity index (χ0v) is 12.8. The number of hydrogen-bond acceptors (Lipinski definition) is 3. The van der Waals surface area contributed by atoms with Crippen LogP contribution in [0.3, 0.4) is 0 Å². The Balaban J connectivity index is 2.33. The van der Waals surface area contributed by atoms with Crippen molar-refractivity contribution in [1.82, 2.24) is 0 Å². The summed E-state index contributed by atoms with van der Waals surface area (Å²) in [6.45, 7) is 2.22. The molecule has 1 saturated carbocycles. The summed E-state index contributed by atoms with van der Waals surface area (Å²) in [5.41, 5.74) is 0.808. The van der Waals surface area contributed by atoms with Crippen molar-refractivity contribution < 1.29 is 14.6 Å². The number of aliphatic hydroxyl groups excluding tert-OH is 1. The fourth-order valence-electron chi connectivity index (χ4n) is 3.54. The predicted octanol–water partition coefficient (Wildman–Crippen LogP) is 3.95. The molecule has 3 unspecified atom stereocenters. The highest BCUT2D eigenvalue weighted by molar-refractivity contribution is 5.46. The number of aliphatic hydroxyl groups is 1. The third kappa shape index (κ3) is 2.93. The van der Waals surface area contributed by atoms with E-state index < -0.39 is 6.10 Å². The molecule has 2 rings (SSSR count). The van der Waals surface area contributed by atoms with Crippen molar-refractivity contribution >= 4 is 0 Å². The van der Waals surface area contributed by atoms with Gasteiger partial charge in [0, 0.05) is 0 Å². The van der Waals surface area contributed by atoms with Crippen LogP contribution in [0.2, 0.25) is 0 Å². The number of ether oxygens (including phenoxy) is 2. The Labute approximate surface area is 121 Å². The number of methoxy groups -OCH3 is 2. The Hall–Kier alpha value is -1.22. The highest BCUT2D eigenvalue weighted by atomic mass is 16.5. The van der Waals surface area contributed by atoms with Crippen LogP contribution in [0.1, 0.15) is 50.7 Å². The number of hydrogen-bond donors (Lipinski definition) is 1. The number of rotatable bonds is 5. The normalized spacial score (nSPS) is 24.2. The fraction of sp³-hybridized carbons (Fsp3) is 0.647. The van der Waals surface area contributed by atoms with Gasteiger partial charge >= 0.3 is 0 Å². The molecule has 0 aliphatic heterocycles. The van der Waals surface area contributed by atoms with Gasteiger partial charge in [-0.05, 0) is 30.4 Å². The molecule has 1 aliphatic carbocycles. The zero-order valence-electron chi connectivity index (χ0n) is 12.8. The molecule has 20 heavy (non-hydrogen) atoms.